The van der Waals surface area contributed by atoms with Crippen LogP contribution in [0.1, 0.15) is 15.9 Å². The first-order valence-electron chi connectivity index (χ1n) is 10.3. The van der Waals surface area contributed by atoms with E-state index in [1.807, 2.05) is 0 Å². The van der Waals surface area contributed by atoms with E-state index in [2.05, 4.69) is 10.3 Å². The van der Waals surface area contributed by atoms with Gasteiger partial charge in [0.2, 0.25) is 5.88 Å². The molecular weight excluding hydrogens is 537 g/mol. The summed E-state index contributed by atoms with van der Waals surface area (Å²) in [5, 5.41) is 13.5. The van der Waals surface area contributed by atoms with E-state index in [9.17, 15) is 36.3 Å². The van der Waals surface area contributed by atoms with E-state index < -0.39 is 37.7 Å². The van der Waals surface area contributed by atoms with Crippen LogP contribution in [0.2, 0.25) is 5.02 Å². The number of carbonyl (C=O) groups excluding carboxylic acids is 1. The van der Waals surface area contributed by atoms with Gasteiger partial charge in [0, 0.05) is 16.8 Å². The van der Waals surface area contributed by atoms with Crippen molar-refractivity contribution in [1.29, 1.82) is 0 Å². The zero-order valence-corrected chi connectivity index (χ0v) is 20.0. The van der Waals surface area contributed by atoms with Gasteiger partial charge in [-0.15, -0.1) is 0 Å². The second kappa shape index (κ2) is 9.75. The molecule has 0 fully saturated rings. The molecule has 2 aromatic heterocycles. The van der Waals surface area contributed by atoms with Crippen molar-refractivity contribution < 1.29 is 31.5 Å². The second-order valence-electron chi connectivity index (χ2n) is 7.67. The number of benzene rings is 2. The van der Waals surface area contributed by atoms with Gasteiger partial charge in [-0.25, -0.2) is 17.8 Å². The molecular formula is C23H16ClF3N4O5S. The molecule has 2 N–H and O–H groups in total. The molecule has 0 atom stereocenters. The Labute approximate surface area is 212 Å². The quantitative estimate of drug-likeness (QED) is 0.373. The van der Waals surface area contributed by atoms with Gasteiger partial charge in [-0.05, 0) is 60.2 Å². The summed E-state index contributed by atoms with van der Waals surface area (Å²) in [4.78, 5) is 28.5. The topological polar surface area (TPSA) is 123 Å². The Morgan fingerprint density at radius 1 is 1.05 bits per heavy atom. The summed E-state index contributed by atoms with van der Waals surface area (Å²) >= 11 is 5.84. The van der Waals surface area contributed by atoms with Crippen LogP contribution in [-0.4, -0.2) is 39.1 Å². The lowest BCUT2D eigenvalue weighted by atomic mass is 10.2. The summed E-state index contributed by atoms with van der Waals surface area (Å²) < 4.78 is 63.4. The molecule has 9 nitrogen and oxygen atoms in total. The summed E-state index contributed by atoms with van der Waals surface area (Å²) in [6, 6.07) is 11.0. The molecule has 14 heteroatoms. The summed E-state index contributed by atoms with van der Waals surface area (Å²) in [5.41, 5.74) is -5.23. The number of carbonyl (C=O) groups is 1. The van der Waals surface area contributed by atoms with Gasteiger partial charge in [0.15, 0.2) is 0 Å². The van der Waals surface area contributed by atoms with Crippen molar-refractivity contribution in [1.82, 2.24) is 14.1 Å². The van der Waals surface area contributed by atoms with E-state index in [0.29, 0.717) is 34.0 Å². The highest BCUT2D eigenvalue weighted by atomic mass is 35.5. The molecule has 192 valence electrons. The van der Waals surface area contributed by atoms with Crippen LogP contribution in [0.25, 0.3) is 5.69 Å². The minimum atomic E-state index is -5.57. The van der Waals surface area contributed by atoms with Gasteiger partial charge in [-0.1, -0.05) is 11.6 Å². The fourth-order valence-electron chi connectivity index (χ4n) is 3.40. The molecule has 0 saturated heterocycles. The zero-order valence-electron chi connectivity index (χ0n) is 18.5. The lowest BCUT2D eigenvalue weighted by Crippen LogP contribution is -2.25. The van der Waals surface area contributed by atoms with Crippen LogP contribution in [0.5, 0.6) is 5.88 Å². The monoisotopic (exact) mass is 552 g/mol. The van der Waals surface area contributed by atoms with E-state index >= 15 is 0 Å². The second-order valence-corrected chi connectivity index (χ2v) is 10.0. The molecule has 0 aliphatic rings. The highest BCUT2D eigenvalue weighted by Crippen LogP contribution is 2.30. The molecule has 4 aromatic rings. The Morgan fingerprint density at radius 2 is 1.70 bits per heavy atom. The van der Waals surface area contributed by atoms with Crippen LogP contribution in [0.4, 0.5) is 18.9 Å². The number of sulfone groups is 1. The normalized spacial score (nSPS) is 11.9. The third-order valence-electron chi connectivity index (χ3n) is 5.25. The van der Waals surface area contributed by atoms with Crippen LogP contribution in [-0.2, 0) is 16.4 Å². The van der Waals surface area contributed by atoms with Crippen molar-refractivity contribution in [3.8, 4) is 11.6 Å². The summed E-state index contributed by atoms with van der Waals surface area (Å²) in [5.74, 6) is -0.996. The summed E-state index contributed by atoms with van der Waals surface area (Å²) in [6.45, 7) is -0.112. The number of hydrogen-bond acceptors (Lipinski definition) is 6. The molecule has 0 bridgehead atoms. The third kappa shape index (κ3) is 5.22. The average molecular weight is 553 g/mol. The maximum absolute atomic E-state index is 13.0. The van der Waals surface area contributed by atoms with Crippen molar-refractivity contribution in [2.75, 3.05) is 5.32 Å². The molecule has 1 amide bonds. The number of aromatic hydroxyl groups is 1. The maximum atomic E-state index is 13.0. The van der Waals surface area contributed by atoms with E-state index in [-0.39, 0.29) is 12.2 Å². The molecule has 2 heterocycles. The van der Waals surface area contributed by atoms with E-state index in [4.69, 9.17) is 11.6 Å². The predicted octanol–water partition coefficient (Wildman–Crippen LogP) is 3.99. The number of nitrogens with zero attached hydrogens (tertiary/aromatic N) is 3. The Kier molecular flexibility index (Phi) is 6.84. The Hall–Kier alpha value is -4.10. The predicted molar refractivity (Wildman–Crippen MR) is 128 cm³/mol. The largest absolute Gasteiger partial charge is 0.501 e. The number of alkyl halides is 3. The number of anilines is 1. The van der Waals surface area contributed by atoms with E-state index in [1.54, 1.807) is 18.2 Å². The summed E-state index contributed by atoms with van der Waals surface area (Å²) in [7, 11) is -5.57. The zero-order chi connectivity index (χ0) is 27.0. The van der Waals surface area contributed by atoms with Gasteiger partial charge in [0.05, 0.1) is 35.2 Å². The molecule has 37 heavy (non-hydrogen) atoms. The minimum absolute atomic E-state index is 0.0617. The lowest BCUT2D eigenvalue weighted by Gasteiger charge is -2.11. The fourth-order valence-corrected chi connectivity index (χ4v) is 4.28. The van der Waals surface area contributed by atoms with Crippen molar-refractivity contribution in [3.05, 3.63) is 99.8 Å². The van der Waals surface area contributed by atoms with E-state index in [0.717, 1.165) is 27.5 Å². The van der Waals surface area contributed by atoms with Crippen LogP contribution >= 0.6 is 11.6 Å². The van der Waals surface area contributed by atoms with Crippen molar-refractivity contribution in [2.45, 2.75) is 16.9 Å². The Morgan fingerprint density at radius 3 is 2.32 bits per heavy atom. The Bertz CT molecular complexity index is 1630. The highest BCUT2D eigenvalue weighted by Gasteiger charge is 2.46. The van der Waals surface area contributed by atoms with Crippen LogP contribution in [0, 0.1) is 0 Å². The number of aromatic nitrogens is 3. The van der Waals surface area contributed by atoms with Crippen molar-refractivity contribution in [2.24, 2.45) is 0 Å². The molecule has 0 aliphatic heterocycles. The number of hydrogen-bond donors (Lipinski definition) is 2. The van der Waals surface area contributed by atoms with Crippen molar-refractivity contribution >= 4 is 33.0 Å². The molecule has 0 spiro atoms. The average Bonchev–Trinajstić information content (AvgIpc) is 3.12. The molecule has 0 aliphatic carbocycles. The smallest absolute Gasteiger partial charge is 0.493 e. The molecule has 4 rings (SSSR count). The van der Waals surface area contributed by atoms with Crippen LogP contribution < -0.4 is 11.0 Å². The molecule has 0 radical (unpaired) electrons. The number of rotatable bonds is 6. The molecule has 2 aromatic carbocycles. The number of imidazole rings is 1. The SMILES string of the molecule is O=C(Nc1cnccc1Cn1cc(O)n(-c2ccc(S(=O)(=O)C(F)(F)F)cc2)c1=O)c1ccc(Cl)cc1. The van der Waals surface area contributed by atoms with Gasteiger partial charge in [-0.3, -0.25) is 14.3 Å². The van der Waals surface area contributed by atoms with Gasteiger partial charge >= 0.3 is 11.2 Å². The number of amides is 1. The number of halogens is 4. The first-order chi connectivity index (χ1) is 17.4. The molecule has 0 saturated carbocycles. The van der Waals surface area contributed by atoms with Crippen molar-refractivity contribution in [3.63, 3.8) is 0 Å². The Balaban J connectivity index is 1.61. The third-order valence-corrected chi connectivity index (χ3v) is 7.01. The number of nitrogens with one attached hydrogen (secondary N) is 1. The molecule has 0 unspecified atom stereocenters. The van der Waals surface area contributed by atoms with Gasteiger partial charge in [0.25, 0.3) is 15.7 Å². The van der Waals surface area contributed by atoms with Gasteiger partial charge in [-0.2, -0.15) is 13.2 Å². The lowest BCUT2D eigenvalue weighted by molar-refractivity contribution is -0.0436. The number of pyridine rings is 1. The van der Waals surface area contributed by atoms with Gasteiger partial charge < -0.3 is 10.4 Å². The first kappa shape index (κ1) is 26.0. The van der Waals surface area contributed by atoms with E-state index in [1.165, 1.54) is 24.5 Å². The first-order valence-corrected chi connectivity index (χ1v) is 12.2. The van der Waals surface area contributed by atoms with Gasteiger partial charge in [0.1, 0.15) is 0 Å². The van der Waals surface area contributed by atoms with Crippen LogP contribution in [0.15, 0.2) is 82.9 Å². The highest BCUT2D eigenvalue weighted by molar-refractivity contribution is 7.92. The fraction of sp³-hybridized carbons (Fsp3) is 0.0870. The minimum Gasteiger partial charge on any atom is -0.493 e. The standard InChI is InChI=1S/C23H16ClF3N4O5S/c24-16-3-1-14(2-4-16)21(33)29-19-11-28-10-9-15(19)12-30-13-20(32)31(22(30)34)17-5-7-18(8-6-17)37(35,36)23(25,26)27/h1-11,13,32H,12H2,(H,29,33). The summed E-state index contributed by atoms with van der Waals surface area (Å²) in [6.07, 6.45) is 3.91. The van der Waals surface area contributed by atoms with Crippen LogP contribution in [0.3, 0.4) is 0 Å². The maximum Gasteiger partial charge on any atom is 0.501 e.